The number of phosphoric ester groups is 1. The maximum atomic E-state index is 10.5. The fourth-order valence-electron chi connectivity index (χ4n) is 0.808. The highest BCUT2D eigenvalue weighted by Crippen LogP contribution is 2.40. The number of aryl methyl sites for hydroxylation is 1. The van der Waals surface area contributed by atoms with Crippen LogP contribution in [0.25, 0.3) is 0 Å². The number of rotatable bonds is 2. The van der Waals surface area contributed by atoms with Gasteiger partial charge in [-0.05, 0) is 24.6 Å². The summed E-state index contributed by atoms with van der Waals surface area (Å²) in [6, 6.07) is 4.63. The van der Waals surface area contributed by atoms with Crippen molar-refractivity contribution in [2.24, 2.45) is 0 Å². The van der Waals surface area contributed by atoms with Gasteiger partial charge in [-0.15, -0.1) is 24.8 Å². The molecule has 8 heteroatoms. The predicted molar refractivity (Wildman–Crippen MR) is 63.4 cm³/mol. The number of hydrogen-bond donors (Lipinski definition) is 2. The minimum Gasteiger partial charge on any atom is -0.403 e. The molecular weight excluding hydrogens is 285 g/mol. The third kappa shape index (κ3) is 6.25. The predicted octanol–water partition coefficient (Wildman–Crippen LogP) is 2.96. The van der Waals surface area contributed by atoms with Crippen LogP contribution in [0.5, 0.6) is 5.75 Å². The van der Waals surface area contributed by atoms with Crippen molar-refractivity contribution in [3.63, 3.8) is 0 Å². The van der Waals surface area contributed by atoms with Gasteiger partial charge in [-0.2, -0.15) is 0 Å². The molecule has 0 unspecified atom stereocenters. The standard InChI is InChI=1S/C7H8ClO4P.2ClH/c1-5-2-3-7(6(8)4-5)12-13(9,10)11;;/h2-4H,1H3,(H2,9,10,11);2*1H. The first kappa shape index (κ1) is 17.4. The minimum absolute atomic E-state index is 0. The van der Waals surface area contributed by atoms with E-state index in [1.807, 2.05) is 6.92 Å². The Hall–Kier alpha value is 0.0400. The van der Waals surface area contributed by atoms with E-state index in [0.29, 0.717) is 0 Å². The van der Waals surface area contributed by atoms with Gasteiger partial charge in [0.1, 0.15) is 5.75 Å². The fraction of sp³-hybridized carbons (Fsp3) is 0.143. The smallest absolute Gasteiger partial charge is 0.403 e. The van der Waals surface area contributed by atoms with E-state index in [2.05, 4.69) is 4.52 Å². The van der Waals surface area contributed by atoms with Gasteiger partial charge in [0.05, 0.1) is 5.02 Å². The quantitative estimate of drug-likeness (QED) is 0.823. The molecule has 0 aliphatic carbocycles. The summed E-state index contributed by atoms with van der Waals surface area (Å²) >= 11 is 5.67. The molecule has 0 atom stereocenters. The summed E-state index contributed by atoms with van der Waals surface area (Å²) in [5.41, 5.74) is 0.892. The van der Waals surface area contributed by atoms with Crippen molar-refractivity contribution in [2.45, 2.75) is 6.92 Å². The summed E-state index contributed by atoms with van der Waals surface area (Å²) in [5.74, 6) is -0.0133. The summed E-state index contributed by atoms with van der Waals surface area (Å²) in [5, 5.41) is 0.184. The Morgan fingerprint density at radius 3 is 2.27 bits per heavy atom. The fourth-order valence-corrected chi connectivity index (χ4v) is 1.55. The molecule has 0 aromatic heterocycles. The van der Waals surface area contributed by atoms with Crippen molar-refractivity contribution in [3.05, 3.63) is 28.8 Å². The van der Waals surface area contributed by atoms with Crippen molar-refractivity contribution in [1.82, 2.24) is 0 Å². The maximum absolute atomic E-state index is 10.5. The molecule has 1 aromatic rings. The van der Waals surface area contributed by atoms with E-state index in [4.69, 9.17) is 21.4 Å². The van der Waals surface area contributed by atoms with Gasteiger partial charge < -0.3 is 4.52 Å². The summed E-state index contributed by atoms with van der Waals surface area (Å²) in [6.07, 6.45) is 0. The van der Waals surface area contributed by atoms with Crippen molar-refractivity contribution >= 4 is 44.2 Å². The zero-order valence-corrected chi connectivity index (χ0v) is 10.9. The van der Waals surface area contributed by atoms with Crippen LogP contribution in [0.3, 0.4) is 0 Å². The summed E-state index contributed by atoms with van der Waals surface area (Å²) < 4.78 is 14.8. The van der Waals surface area contributed by atoms with Gasteiger partial charge >= 0.3 is 7.82 Å². The van der Waals surface area contributed by atoms with E-state index in [0.717, 1.165) is 5.56 Å². The Labute approximate surface area is 105 Å². The molecule has 0 aliphatic rings. The van der Waals surface area contributed by atoms with Crippen molar-refractivity contribution in [2.75, 3.05) is 0 Å². The first-order valence-corrected chi connectivity index (χ1v) is 5.30. The Morgan fingerprint density at radius 1 is 1.33 bits per heavy atom. The molecule has 4 nitrogen and oxygen atoms in total. The zero-order valence-electron chi connectivity index (χ0n) is 7.58. The molecule has 0 radical (unpaired) electrons. The van der Waals surface area contributed by atoms with E-state index in [9.17, 15) is 4.57 Å². The molecule has 0 saturated heterocycles. The van der Waals surface area contributed by atoms with Crippen LogP contribution in [-0.2, 0) is 4.57 Å². The Morgan fingerprint density at radius 2 is 1.87 bits per heavy atom. The topological polar surface area (TPSA) is 66.8 Å². The van der Waals surface area contributed by atoms with E-state index in [1.165, 1.54) is 6.07 Å². The van der Waals surface area contributed by atoms with Crippen molar-refractivity contribution in [1.29, 1.82) is 0 Å². The SMILES string of the molecule is Cc1ccc(OP(=O)(O)O)c(Cl)c1.Cl.Cl. The van der Waals surface area contributed by atoms with Gasteiger partial charge in [0.25, 0.3) is 0 Å². The van der Waals surface area contributed by atoms with E-state index < -0.39 is 7.82 Å². The first-order chi connectivity index (χ1) is 5.88. The molecule has 1 rings (SSSR count). The van der Waals surface area contributed by atoms with Crippen molar-refractivity contribution in [3.8, 4) is 5.75 Å². The molecule has 0 saturated carbocycles. The van der Waals surface area contributed by atoms with Gasteiger partial charge in [-0.3, -0.25) is 9.79 Å². The second-order valence-corrected chi connectivity index (χ2v) is 4.09. The van der Waals surface area contributed by atoms with Crippen molar-refractivity contribution < 1.29 is 18.9 Å². The molecule has 0 amide bonds. The van der Waals surface area contributed by atoms with Crippen LogP contribution in [0, 0.1) is 6.92 Å². The molecule has 88 valence electrons. The number of halogens is 3. The second-order valence-electron chi connectivity index (χ2n) is 2.52. The number of hydrogen-bond acceptors (Lipinski definition) is 2. The van der Waals surface area contributed by atoms with Gasteiger partial charge in [0.2, 0.25) is 0 Å². The number of benzene rings is 1. The van der Waals surface area contributed by atoms with Crippen LogP contribution in [0.1, 0.15) is 5.56 Å². The summed E-state index contributed by atoms with van der Waals surface area (Å²) in [6.45, 7) is 1.81. The average Bonchev–Trinajstić information content (AvgIpc) is 1.93. The maximum Gasteiger partial charge on any atom is 0.524 e. The highest BCUT2D eigenvalue weighted by atomic mass is 35.5. The Kier molecular flexibility index (Phi) is 7.65. The third-order valence-corrected chi connectivity index (χ3v) is 2.03. The summed E-state index contributed by atoms with van der Waals surface area (Å²) in [4.78, 5) is 17.0. The molecule has 0 spiro atoms. The normalized spacial score (nSPS) is 9.87. The first-order valence-electron chi connectivity index (χ1n) is 3.40. The monoisotopic (exact) mass is 294 g/mol. The van der Waals surface area contributed by atoms with Crippen LogP contribution in [-0.4, -0.2) is 9.79 Å². The minimum atomic E-state index is -4.51. The van der Waals surface area contributed by atoms with Gasteiger partial charge in [0, 0.05) is 0 Å². The lowest BCUT2D eigenvalue weighted by Gasteiger charge is -2.08. The molecule has 0 bridgehead atoms. The van der Waals surface area contributed by atoms with Crippen LogP contribution < -0.4 is 4.52 Å². The molecule has 0 fully saturated rings. The molecule has 2 N–H and O–H groups in total. The van der Waals surface area contributed by atoms with Gasteiger partial charge in [-0.1, -0.05) is 17.7 Å². The van der Waals surface area contributed by atoms with E-state index in [-0.39, 0.29) is 35.6 Å². The lowest BCUT2D eigenvalue weighted by molar-refractivity contribution is 0.283. The Balaban J connectivity index is 0. The molecule has 15 heavy (non-hydrogen) atoms. The lowest BCUT2D eigenvalue weighted by atomic mass is 10.2. The molecule has 0 aliphatic heterocycles. The summed E-state index contributed by atoms with van der Waals surface area (Å²) in [7, 11) is -4.51. The molecule has 1 aromatic carbocycles. The van der Waals surface area contributed by atoms with Crippen LogP contribution in [0.4, 0.5) is 0 Å². The lowest BCUT2D eigenvalue weighted by Crippen LogP contribution is -1.90. The second kappa shape index (κ2) is 6.59. The highest BCUT2D eigenvalue weighted by Gasteiger charge is 2.17. The van der Waals surface area contributed by atoms with Crippen LogP contribution in [0.2, 0.25) is 5.02 Å². The molecule has 0 heterocycles. The highest BCUT2D eigenvalue weighted by molar-refractivity contribution is 7.46. The molecular formula is C7H10Cl3O4P. The van der Waals surface area contributed by atoms with Gasteiger partial charge in [-0.25, -0.2) is 4.57 Å². The zero-order chi connectivity index (χ0) is 10.1. The van der Waals surface area contributed by atoms with Gasteiger partial charge in [0.15, 0.2) is 0 Å². The third-order valence-electron chi connectivity index (χ3n) is 1.30. The number of phosphoric acid groups is 1. The average molecular weight is 295 g/mol. The largest absolute Gasteiger partial charge is 0.524 e. The van der Waals surface area contributed by atoms with E-state index in [1.54, 1.807) is 12.1 Å². The van der Waals surface area contributed by atoms with Crippen LogP contribution >= 0.6 is 44.2 Å². The van der Waals surface area contributed by atoms with E-state index >= 15 is 0 Å². The Bertz CT molecular complexity index is 365. The van der Waals surface area contributed by atoms with Crippen LogP contribution in [0.15, 0.2) is 18.2 Å².